The van der Waals surface area contributed by atoms with Gasteiger partial charge in [0.1, 0.15) is 5.75 Å². The minimum absolute atomic E-state index is 0.0601. The maximum atomic E-state index is 14.3. The Hall–Kier alpha value is -3.67. The summed E-state index contributed by atoms with van der Waals surface area (Å²) in [7, 11) is 5.78. The lowest BCUT2D eigenvalue weighted by Crippen LogP contribution is -2.48. The number of amides is 4. The van der Waals surface area contributed by atoms with E-state index < -0.39 is 12.1 Å². The van der Waals surface area contributed by atoms with Gasteiger partial charge >= 0.3 is 6.03 Å². The quantitative estimate of drug-likeness (QED) is 0.337. The number of hydrogen-bond acceptors (Lipinski definition) is 7. The van der Waals surface area contributed by atoms with Gasteiger partial charge in [0.15, 0.2) is 0 Å². The summed E-state index contributed by atoms with van der Waals surface area (Å²) in [4.78, 5) is 45.4. The molecule has 0 saturated carbocycles. The number of carbonyl (C=O) groups is 3. The fourth-order valence-corrected chi connectivity index (χ4v) is 5.39. The smallest absolute Gasteiger partial charge is 0.323 e. The molecule has 46 heavy (non-hydrogen) atoms. The largest absolute Gasteiger partial charge is 0.490 e. The average molecular weight is 640 g/mol. The van der Waals surface area contributed by atoms with Gasteiger partial charge in [0.05, 0.1) is 30.4 Å². The highest BCUT2D eigenvalue weighted by molar-refractivity contribution is 6.02. The zero-order valence-corrected chi connectivity index (χ0v) is 28.3. The summed E-state index contributed by atoms with van der Waals surface area (Å²) in [5.41, 5.74) is 1.36. The first-order valence-corrected chi connectivity index (χ1v) is 16.3. The number of aliphatic hydroxyl groups is 1. The fourth-order valence-electron chi connectivity index (χ4n) is 5.39. The van der Waals surface area contributed by atoms with Crippen LogP contribution < -0.4 is 15.4 Å². The van der Waals surface area contributed by atoms with Crippen molar-refractivity contribution in [3.63, 3.8) is 0 Å². The first-order valence-electron chi connectivity index (χ1n) is 16.3. The molecule has 0 saturated heterocycles. The highest BCUT2D eigenvalue weighted by Crippen LogP contribution is 2.28. The molecular formula is C35H53N5O6. The van der Waals surface area contributed by atoms with E-state index in [4.69, 9.17) is 9.47 Å². The third-order valence-electron chi connectivity index (χ3n) is 8.22. The van der Waals surface area contributed by atoms with Gasteiger partial charge in [-0.15, -0.1) is 0 Å². The van der Waals surface area contributed by atoms with Crippen molar-refractivity contribution < 1.29 is 29.0 Å². The summed E-state index contributed by atoms with van der Waals surface area (Å²) >= 11 is 0. The molecule has 11 nitrogen and oxygen atoms in total. The lowest BCUT2D eigenvalue weighted by molar-refractivity contribution is -0.132. The fraction of sp³-hybridized carbons (Fsp3) is 0.571. The van der Waals surface area contributed by atoms with Crippen LogP contribution in [0.3, 0.4) is 0 Å². The Morgan fingerprint density at radius 3 is 2.46 bits per heavy atom. The van der Waals surface area contributed by atoms with E-state index in [-0.39, 0.29) is 43.1 Å². The van der Waals surface area contributed by atoms with Crippen molar-refractivity contribution in [1.82, 2.24) is 14.7 Å². The molecule has 1 aliphatic heterocycles. The number of ether oxygens (including phenoxy) is 2. The van der Waals surface area contributed by atoms with Crippen molar-refractivity contribution in [3.05, 3.63) is 54.1 Å². The number of hydrogen-bond donors (Lipinski definition) is 3. The lowest BCUT2D eigenvalue weighted by atomic mass is 10.0. The van der Waals surface area contributed by atoms with Crippen LogP contribution in [0.1, 0.15) is 63.2 Å². The van der Waals surface area contributed by atoms with Gasteiger partial charge in [-0.05, 0) is 90.5 Å². The van der Waals surface area contributed by atoms with Gasteiger partial charge in [0, 0.05) is 50.5 Å². The van der Waals surface area contributed by atoms with Crippen molar-refractivity contribution in [1.29, 1.82) is 0 Å². The van der Waals surface area contributed by atoms with Crippen LogP contribution in [0.5, 0.6) is 5.75 Å². The molecule has 0 fully saturated rings. The van der Waals surface area contributed by atoms with Crippen LogP contribution in [0.2, 0.25) is 0 Å². The normalized spacial score (nSPS) is 20.2. The lowest BCUT2D eigenvalue weighted by Gasteiger charge is -2.36. The van der Waals surface area contributed by atoms with Gasteiger partial charge in [-0.25, -0.2) is 4.79 Å². The van der Waals surface area contributed by atoms with Crippen LogP contribution in [0, 0.1) is 5.92 Å². The van der Waals surface area contributed by atoms with Gasteiger partial charge in [0.25, 0.3) is 5.91 Å². The second kappa shape index (κ2) is 18.5. The zero-order valence-electron chi connectivity index (χ0n) is 28.3. The van der Waals surface area contributed by atoms with Crippen LogP contribution in [-0.2, 0) is 9.53 Å². The van der Waals surface area contributed by atoms with Gasteiger partial charge < -0.3 is 39.9 Å². The Balaban J connectivity index is 1.87. The molecule has 0 spiro atoms. The molecule has 3 rings (SSSR count). The number of benzene rings is 2. The van der Waals surface area contributed by atoms with Crippen LogP contribution >= 0.6 is 0 Å². The topological polar surface area (TPSA) is 124 Å². The summed E-state index contributed by atoms with van der Waals surface area (Å²) in [6, 6.07) is 13.2. The number of nitrogens with zero attached hydrogens (tertiary/aromatic N) is 3. The number of aliphatic hydroxyl groups excluding tert-OH is 1. The molecule has 4 atom stereocenters. The standard InChI is InChI=1S/C35H53N5O6/c1-25-22-40(26(2)24-41)34(43)30-21-29(37-35(44)36-28-14-8-7-9-15-28)17-18-31(30)46-27(3)13-10-11-20-45-32(25)23-39(6)33(42)16-12-19-38(4)5/h7-9,14-15,17-18,21,25-27,32,41H,10-13,16,19-20,22-24H2,1-6H3,(H2,36,37,44)/t25-,26-,27-,32+/m0/s1. The minimum Gasteiger partial charge on any atom is -0.490 e. The van der Waals surface area contributed by atoms with E-state index >= 15 is 0 Å². The van der Waals surface area contributed by atoms with E-state index in [1.807, 2.05) is 46.1 Å². The molecule has 0 unspecified atom stereocenters. The second-order valence-corrected chi connectivity index (χ2v) is 12.6. The maximum Gasteiger partial charge on any atom is 0.323 e. The van der Waals surface area contributed by atoms with Crippen molar-refractivity contribution in [2.75, 3.05) is 64.6 Å². The molecule has 0 aliphatic carbocycles. The van der Waals surface area contributed by atoms with Gasteiger partial charge in [-0.3, -0.25) is 9.59 Å². The van der Waals surface area contributed by atoms with E-state index in [0.717, 1.165) is 32.2 Å². The molecule has 2 aromatic carbocycles. The van der Waals surface area contributed by atoms with Gasteiger partial charge in [0.2, 0.25) is 5.91 Å². The number of fused-ring (bicyclic) bond motifs is 1. The molecule has 0 bridgehead atoms. The van der Waals surface area contributed by atoms with E-state index in [1.54, 1.807) is 54.1 Å². The van der Waals surface area contributed by atoms with Crippen molar-refractivity contribution in [3.8, 4) is 5.75 Å². The number of anilines is 2. The van der Waals surface area contributed by atoms with E-state index in [9.17, 15) is 19.5 Å². The van der Waals surface area contributed by atoms with Crippen molar-refractivity contribution >= 4 is 29.2 Å². The predicted octanol–water partition coefficient (Wildman–Crippen LogP) is 4.93. The highest BCUT2D eigenvalue weighted by atomic mass is 16.5. The monoisotopic (exact) mass is 639 g/mol. The zero-order chi connectivity index (χ0) is 33.6. The molecule has 11 heteroatoms. The Labute approximate surface area is 274 Å². The molecule has 1 aliphatic rings. The second-order valence-electron chi connectivity index (χ2n) is 12.6. The average Bonchev–Trinajstić information content (AvgIpc) is 3.02. The van der Waals surface area contributed by atoms with E-state index in [2.05, 4.69) is 15.5 Å². The van der Waals surface area contributed by atoms with Gasteiger partial charge in [-0.1, -0.05) is 25.1 Å². The maximum absolute atomic E-state index is 14.3. The van der Waals surface area contributed by atoms with Crippen LogP contribution in [0.4, 0.5) is 16.2 Å². The van der Waals surface area contributed by atoms with Gasteiger partial charge in [-0.2, -0.15) is 0 Å². The van der Waals surface area contributed by atoms with Crippen LogP contribution in [-0.4, -0.2) is 110 Å². The summed E-state index contributed by atoms with van der Waals surface area (Å²) in [6.07, 6.45) is 3.22. The Morgan fingerprint density at radius 2 is 1.76 bits per heavy atom. The SMILES string of the molecule is C[C@H]1CCCCO[C@H](CN(C)C(=O)CCCN(C)C)[C@@H](C)CN([C@@H](C)CO)C(=O)c2cc(NC(=O)Nc3ccccc3)ccc2O1. The number of nitrogens with one attached hydrogen (secondary N) is 2. The molecular weight excluding hydrogens is 586 g/mol. The Kier molecular flexibility index (Phi) is 14.8. The summed E-state index contributed by atoms with van der Waals surface area (Å²) in [5, 5.41) is 15.8. The van der Waals surface area contributed by atoms with Crippen LogP contribution in [0.25, 0.3) is 0 Å². The summed E-state index contributed by atoms with van der Waals surface area (Å²) in [6.45, 7) is 7.59. The highest BCUT2D eigenvalue weighted by Gasteiger charge is 2.31. The predicted molar refractivity (Wildman–Crippen MR) is 181 cm³/mol. The molecule has 254 valence electrons. The van der Waals surface area contributed by atoms with Crippen LogP contribution in [0.15, 0.2) is 48.5 Å². The molecule has 2 aromatic rings. The number of para-hydroxylation sites is 1. The van der Waals surface area contributed by atoms with Crippen molar-refractivity contribution in [2.45, 2.75) is 71.1 Å². The number of urea groups is 1. The van der Waals surface area contributed by atoms with E-state index in [0.29, 0.717) is 42.3 Å². The number of carbonyl (C=O) groups excluding carboxylic acids is 3. The molecule has 3 N–H and O–H groups in total. The summed E-state index contributed by atoms with van der Waals surface area (Å²) < 4.78 is 12.7. The molecule has 0 radical (unpaired) electrons. The Bertz CT molecular complexity index is 1260. The third kappa shape index (κ3) is 11.6. The number of likely N-dealkylation sites (N-methyl/N-ethyl adjacent to an activating group) is 1. The third-order valence-corrected chi connectivity index (χ3v) is 8.22. The molecule has 0 aromatic heterocycles. The Morgan fingerprint density at radius 1 is 1.04 bits per heavy atom. The summed E-state index contributed by atoms with van der Waals surface area (Å²) in [5.74, 6) is -0.00187. The minimum atomic E-state index is -0.503. The van der Waals surface area contributed by atoms with E-state index in [1.165, 1.54) is 0 Å². The first-order chi connectivity index (χ1) is 22.0. The van der Waals surface area contributed by atoms with Crippen molar-refractivity contribution in [2.24, 2.45) is 5.92 Å². The molecule has 1 heterocycles. The first kappa shape index (κ1) is 36.8. The molecule has 4 amide bonds. The number of rotatable bonds is 10.